The molecule has 7 heteroatoms. The zero-order chi connectivity index (χ0) is 20.5. The molecule has 7 nitrogen and oxygen atoms in total. The van der Waals surface area contributed by atoms with Crippen molar-refractivity contribution in [3.8, 4) is 0 Å². The van der Waals surface area contributed by atoms with E-state index >= 15 is 0 Å². The predicted octanol–water partition coefficient (Wildman–Crippen LogP) is 3.26. The standard InChI is InChI=1S/C22H29N5O2/c1-4-5-6-10-13-25-20(28)18-19(24(3)22(25)29)23-21-26(14-16(2)15-27(18)21)17-11-8-7-9-12-17/h7-9,11-12,16H,4-6,10,13-15H2,1-3H3. The Labute approximate surface area is 170 Å². The van der Waals surface area contributed by atoms with E-state index < -0.39 is 0 Å². The summed E-state index contributed by atoms with van der Waals surface area (Å²) in [6.45, 7) is 6.33. The van der Waals surface area contributed by atoms with Gasteiger partial charge in [0.2, 0.25) is 5.95 Å². The molecule has 0 spiro atoms. The molecular formula is C22H29N5O2. The van der Waals surface area contributed by atoms with Gasteiger partial charge in [0.25, 0.3) is 5.56 Å². The van der Waals surface area contributed by atoms with E-state index in [0.717, 1.165) is 50.4 Å². The van der Waals surface area contributed by atoms with Crippen LogP contribution in [0.2, 0.25) is 0 Å². The number of anilines is 2. The number of aryl methyl sites for hydroxylation is 1. The summed E-state index contributed by atoms with van der Waals surface area (Å²) in [6.07, 6.45) is 4.09. The van der Waals surface area contributed by atoms with Crippen molar-refractivity contribution in [2.24, 2.45) is 13.0 Å². The van der Waals surface area contributed by atoms with Crippen molar-refractivity contribution >= 4 is 22.8 Å². The van der Waals surface area contributed by atoms with E-state index in [9.17, 15) is 9.59 Å². The fourth-order valence-electron chi connectivity index (χ4n) is 4.22. The van der Waals surface area contributed by atoms with E-state index in [-0.39, 0.29) is 11.2 Å². The van der Waals surface area contributed by atoms with Gasteiger partial charge in [0.1, 0.15) is 0 Å². The number of rotatable bonds is 6. The van der Waals surface area contributed by atoms with E-state index in [1.807, 2.05) is 34.9 Å². The molecule has 0 aliphatic carbocycles. The van der Waals surface area contributed by atoms with E-state index in [0.29, 0.717) is 23.6 Å². The molecule has 0 amide bonds. The highest BCUT2D eigenvalue weighted by molar-refractivity contribution is 5.77. The summed E-state index contributed by atoms with van der Waals surface area (Å²) in [5, 5.41) is 0. The lowest BCUT2D eigenvalue weighted by Gasteiger charge is -2.32. The number of aromatic nitrogens is 4. The number of fused-ring (bicyclic) bond motifs is 3. The first kappa shape index (κ1) is 19.5. The van der Waals surface area contributed by atoms with Gasteiger partial charge in [-0.25, -0.2) is 4.79 Å². The molecule has 3 heterocycles. The molecule has 1 aliphatic heterocycles. The number of imidazole rings is 1. The van der Waals surface area contributed by atoms with Gasteiger partial charge in [-0.2, -0.15) is 4.98 Å². The van der Waals surface area contributed by atoms with E-state index in [1.54, 1.807) is 7.05 Å². The van der Waals surface area contributed by atoms with Crippen LogP contribution in [0.4, 0.5) is 11.6 Å². The lowest BCUT2D eigenvalue weighted by molar-refractivity contribution is 0.457. The molecule has 1 atom stereocenters. The van der Waals surface area contributed by atoms with Crippen molar-refractivity contribution in [2.45, 2.75) is 52.6 Å². The maximum Gasteiger partial charge on any atom is 0.332 e. The molecule has 1 aliphatic rings. The molecule has 0 radical (unpaired) electrons. The molecule has 154 valence electrons. The maximum absolute atomic E-state index is 13.3. The first-order chi connectivity index (χ1) is 14.0. The maximum atomic E-state index is 13.3. The normalized spacial score (nSPS) is 16.4. The Balaban J connectivity index is 1.86. The molecule has 0 saturated heterocycles. The second-order valence-electron chi connectivity index (χ2n) is 8.10. The van der Waals surface area contributed by atoms with Crippen LogP contribution in [0.15, 0.2) is 39.9 Å². The Morgan fingerprint density at radius 3 is 2.55 bits per heavy atom. The van der Waals surface area contributed by atoms with Crippen LogP contribution in [-0.2, 0) is 20.1 Å². The van der Waals surface area contributed by atoms with Gasteiger partial charge in [-0.3, -0.25) is 13.9 Å². The minimum atomic E-state index is -0.284. The Bertz CT molecular complexity index is 1130. The zero-order valence-corrected chi connectivity index (χ0v) is 17.5. The largest absolute Gasteiger partial charge is 0.332 e. The van der Waals surface area contributed by atoms with Gasteiger partial charge >= 0.3 is 5.69 Å². The number of para-hydroxylation sites is 1. The fraction of sp³-hybridized carbons (Fsp3) is 0.500. The molecule has 0 N–H and O–H groups in total. The first-order valence-electron chi connectivity index (χ1n) is 10.6. The van der Waals surface area contributed by atoms with E-state index in [1.165, 1.54) is 9.13 Å². The molecule has 2 aromatic heterocycles. The van der Waals surface area contributed by atoms with Crippen LogP contribution in [0, 0.1) is 5.92 Å². The Hall–Kier alpha value is -2.83. The zero-order valence-electron chi connectivity index (χ0n) is 17.5. The van der Waals surface area contributed by atoms with Crippen LogP contribution < -0.4 is 16.1 Å². The smallest absolute Gasteiger partial charge is 0.312 e. The van der Waals surface area contributed by atoms with Gasteiger partial charge in [0, 0.05) is 32.4 Å². The summed E-state index contributed by atoms with van der Waals surface area (Å²) < 4.78 is 4.91. The molecule has 0 bridgehead atoms. The molecule has 0 fully saturated rings. The van der Waals surface area contributed by atoms with Crippen LogP contribution in [0.25, 0.3) is 11.2 Å². The molecule has 4 rings (SSSR count). The van der Waals surface area contributed by atoms with Crippen LogP contribution >= 0.6 is 0 Å². The predicted molar refractivity (Wildman–Crippen MR) is 116 cm³/mol. The Morgan fingerprint density at radius 1 is 1.07 bits per heavy atom. The Morgan fingerprint density at radius 2 is 1.83 bits per heavy atom. The average molecular weight is 396 g/mol. The lowest BCUT2D eigenvalue weighted by Crippen LogP contribution is -2.40. The molecule has 29 heavy (non-hydrogen) atoms. The summed E-state index contributed by atoms with van der Waals surface area (Å²) in [5.74, 6) is 1.09. The van der Waals surface area contributed by atoms with Gasteiger partial charge in [-0.15, -0.1) is 0 Å². The lowest BCUT2D eigenvalue weighted by atomic mass is 10.1. The average Bonchev–Trinajstić information content (AvgIpc) is 3.11. The fourth-order valence-corrected chi connectivity index (χ4v) is 4.22. The molecular weight excluding hydrogens is 366 g/mol. The highest BCUT2D eigenvalue weighted by atomic mass is 16.2. The van der Waals surface area contributed by atoms with Gasteiger partial charge in [0.15, 0.2) is 11.2 Å². The third-order valence-electron chi connectivity index (χ3n) is 5.75. The minimum absolute atomic E-state index is 0.222. The minimum Gasteiger partial charge on any atom is -0.312 e. The van der Waals surface area contributed by atoms with E-state index in [2.05, 4.69) is 18.7 Å². The van der Waals surface area contributed by atoms with Crippen LogP contribution in [-0.4, -0.2) is 25.2 Å². The summed E-state index contributed by atoms with van der Waals surface area (Å²) in [7, 11) is 1.71. The monoisotopic (exact) mass is 395 g/mol. The van der Waals surface area contributed by atoms with Crippen LogP contribution in [0.3, 0.4) is 0 Å². The van der Waals surface area contributed by atoms with Crippen molar-refractivity contribution < 1.29 is 0 Å². The first-order valence-corrected chi connectivity index (χ1v) is 10.6. The second-order valence-corrected chi connectivity index (χ2v) is 8.10. The van der Waals surface area contributed by atoms with Crippen molar-refractivity contribution in [2.75, 3.05) is 11.4 Å². The number of hydrogen-bond acceptors (Lipinski definition) is 4. The Kier molecular flexibility index (Phi) is 5.30. The SMILES string of the molecule is CCCCCCn1c(=O)c2c(nc3n2CC(C)CN3c2ccccc2)n(C)c1=O. The highest BCUT2D eigenvalue weighted by Crippen LogP contribution is 2.32. The molecule has 3 aromatic rings. The molecule has 0 saturated carbocycles. The summed E-state index contributed by atoms with van der Waals surface area (Å²) >= 11 is 0. The molecule has 1 unspecified atom stereocenters. The van der Waals surface area contributed by atoms with Gasteiger partial charge in [-0.05, 0) is 24.5 Å². The third-order valence-corrected chi connectivity index (χ3v) is 5.75. The van der Waals surface area contributed by atoms with Crippen molar-refractivity contribution in [3.63, 3.8) is 0 Å². The second kappa shape index (κ2) is 7.89. The summed E-state index contributed by atoms with van der Waals surface area (Å²) in [5.41, 5.74) is 1.54. The quantitative estimate of drug-likeness (QED) is 0.601. The topological polar surface area (TPSA) is 65.1 Å². The number of nitrogens with zero attached hydrogens (tertiary/aromatic N) is 5. The van der Waals surface area contributed by atoms with E-state index in [4.69, 9.17) is 4.98 Å². The molecule has 1 aromatic carbocycles. The van der Waals surface area contributed by atoms with Crippen molar-refractivity contribution in [1.82, 2.24) is 18.7 Å². The number of unbranched alkanes of at least 4 members (excludes halogenated alkanes) is 3. The van der Waals surface area contributed by atoms with Crippen LogP contribution in [0.5, 0.6) is 0 Å². The number of benzene rings is 1. The van der Waals surface area contributed by atoms with Gasteiger partial charge < -0.3 is 9.47 Å². The van der Waals surface area contributed by atoms with Gasteiger partial charge in [0.05, 0.1) is 0 Å². The van der Waals surface area contributed by atoms with Crippen molar-refractivity contribution in [3.05, 3.63) is 51.2 Å². The van der Waals surface area contributed by atoms with Gasteiger partial charge in [-0.1, -0.05) is 51.3 Å². The third kappa shape index (κ3) is 3.39. The number of hydrogen-bond donors (Lipinski definition) is 0. The summed E-state index contributed by atoms with van der Waals surface area (Å²) in [6, 6.07) is 10.1. The summed E-state index contributed by atoms with van der Waals surface area (Å²) in [4.78, 5) is 33.1. The van der Waals surface area contributed by atoms with Crippen LogP contribution in [0.1, 0.15) is 39.5 Å². The van der Waals surface area contributed by atoms with Crippen molar-refractivity contribution in [1.29, 1.82) is 0 Å². The highest BCUT2D eigenvalue weighted by Gasteiger charge is 2.29.